The number of halogens is 2. The van der Waals surface area contributed by atoms with Crippen molar-refractivity contribution in [1.82, 2.24) is 0 Å². The third-order valence-electron chi connectivity index (χ3n) is 3.29. The number of furan rings is 1. The third-order valence-corrected chi connectivity index (χ3v) is 4.44. The largest absolute Gasteiger partial charge is 0.459 e. The first-order valence-electron chi connectivity index (χ1n) is 7.16. The van der Waals surface area contributed by atoms with E-state index in [4.69, 9.17) is 4.42 Å². The number of aryl methyl sites for hydroxylation is 1. The van der Waals surface area contributed by atoms with Crippen LogP contribution in [0.4, 0.5) is 19.5 Å². The maximum atomic E-state index is 13.6. The van der Waals surface area contributed by atoms with E-state index in [0.717, 1.165) is 23.5 Å². The molecule has 2 heterocycles. The Morgan fingerprint density at radius 1 is 1.08 bits per heavy atom. The van der Waals surface area contributed by atoms with E-state index in [1.54, 1.807) is 19.1 Å². The first-order valence-corrected chi connectivity index (χ1v) is 7.97. The number of thiophene rings is 1. The highest BCUT2D eigenvalue weighted by atomic mass is 32.1. The van der Waals surface area contributed by atoms with Crippen LogP contribution >= 0.6 is 11.3 Å². The lowest BCUT2D eigenvalue weighted by molar-refractivity contribution is 0.0995. The summed E-state index contributed by atoms with van der Waals surface area (Å²) in [6.45, 7) is 1.69. The zero-order chi connectivity index (χ0) is 18.0. The van der Waals surface area contributed by atoms with Crippen LogP contribution in [0.25, 0.3) is 0 Å². The molecule has 0 atom stereocenters. The third kappa shape index (κ3) is 3.74. The van der Waals surface area contributed by atoms with E-state index in [1.807, 2.05) is 0 Å². The molecule has 8 heteroatoms. The smallest absolute Gasteiger partial charge is 0.291 e. The van der Waals surface area contributed by atoms with Crippen LogP contribution < -0.4 is 10.6 Å². The van der Waals surface area contributed by atoms with Gasteiger partial charge in [-0.2, -0.15) is 0 Å². The van der Waals surface area contributed by atoms with Gasteiger partial charge in [0.05, 0.1) is 21.8 Å². The lowest BCUT2D eigenvalue weighted by atomic mass is 10.2. The minimum atomic E-state index is -0.867. The number of carbonyl (C=O) groups excluding carboxylic acids is 2. The summed E-state index contributed by atoms with van der Waals surface area (Å²) in [5.41, 5.74) is 0.486. The molecule has 0 aliphatic rings. The Morgan fingerprint density at radius 3 is 2.56 bits per heavy atom. The summed E-state index contributed by atoms with van der Waals surface area (Å²) < 4.78 is 31.6. The standard InChI is InChI=1S/C17H12F2N2O3S/c1-9-7-14(21-16(22)13-3-2-6-24-13)25-15(9)17(23)20-12-5-4-10(18)8-11(12)19/h2-8H,1H3,(H,20,23)(H,21,22). The average molecular weight is 362 g/mol. The van der Waals surface area contributed by atoms with Crippen LogP contribution in [0.2, 0.25) is 0 Å². The number of benzene rings is 1. The predicted molar refractivity (Wildman–Crippen MR) is 90.0 cm³/mol. The van der Waals surface area contributed by atoms with Gasteiger partial charge in [-0.3, -0.25) is 9.59 Å². The van der Waals surface area contributed by atoms with Crippen LogP contribution in [-0.4, -0.2) is 11.8 Å². The summed E-state index contributed by atoms with van der Waals surface area (Å²) in [6.07, 6.45) is 1.38. The molecule has 2 N–H and O–H groups in total. The molecule has 1 aromatic carbocycles. The number of amides is 2. The second kappa shape index (κ2) is 6.86. The average Bonchev–Trinajstić information content (AvgIpc) is 3.20. The number of hydrogen-bond donors (Lipinski definition) is 2. The molecule has 0 saturated carbocycles. The molecular formula is C17H12F2N2O3S. The SMILES string of the molecule is Cc1cc(NC(=O)c2ccco2)sc1C(=O)Nc1ccc(F)cc1F. The maximum absolute atomic E-state index is 13.6. The minimum absolute atomic E-state index is 0.125. The van der Waals surface area contributed by atoms with Crippen molar-refractivity contribution in [2.45, 2.75) is 6.92 Å². The summed E-state index contributed by atoms with van der Waals surface area (Å²) >= 11 is 1.04. The molecule has 25 heavy (non-hydrogen) atoms. The molecule has 2 amide bonds. The maximum Gasteiger partial charge on any atom is 0.291 e. The Morgan fingerprint density at radius 2 is 1.88 bits per heavy atom. The molecule has 0 spiro atoms. The molecule has 0 radical (unpaired) electrons. The Balaban J connectivity index is 1.75. The Bertz CT molecular complexity index is 936. The summed E-state index contributed by atoms with van der Waals surface area (Å²) in [4.78, 5) is 24.6. The van der Waals surface area contributed by atoms with Crippen molar-refractivity contribution in [2.75, 3.05) is 10.6 Å². The highest BCUT2D eigenvalue weighted by Crippen LogP contribution is 2.28. The van der Waals surface area contributed by atoms with Crippen LogP contribution in [0.15, 0.2) is 47.1 Å². The fourth-order valence-electron chi connectivity index (χ4n) is 2.12. The van der Waals surface area contributed by atoms with Gasteiger partial charge in [-0.05, 0) is 42.8 Å². The molecule has 128 valence electrons. The van der Waals surface area contributed by atoms with Gasteiger partial charge in [0, 0.05) is 6.07 Å². The van der Waals surface area contributed by atoms with Crippen molar-refractivity contribution >= 4 is 33.8 Å². The zero-order valence-corrected chi connectivity index (χ0v) is 13.7. The van der Waals surface area contributed by atoms with Gasteiger partial charge >= 0.3 is 0 Å². The fraction of sp³-hybridized carbons (Fsp3) is 0.0588. The van der Waals surface area contributed by atoms with E-state index in [9.17, 15) is 18.4 Å². The van der Waals surface area contributed by atoms with E-state index in [-0.39, 0.29) is 11.4 Å². The number of hydrogen-bond acceptors (Lipinski definition) is 4. The highest BCUT2D eigenvalue weighted by molar-refractivity contribution is 7.18. The normalized spacial score (nSPS) is 10.5. The van der Waals surface area contributed by atoms with Crippen molar-refractivity contribution in [1.29, 1.82) is 0 Å². The fourth-order valence-corrected chi connectivity index (χ4v) is 3.08. The molecule has 0 saturated heterocycles. The van der Waals surface area contributed by atoms with E-state index < -0.39 is 23.4 Å². The van der Waals surface area contributed by atoms with E-state index in [2.05, 4.69) is 10.6 Å². The van der Waals surface area contributed by atoms with Crippen molar-refractivity contribution in [2.24, 2.45) is 0 Å². The Labute approximate surface area is 145 Å². The molecule has 3 rings (SSSR count). The van der Waals surface area contributed by atoms with Crippen LogP contribution in [0, 0.1) is 18.6 Å². The number of carbonyl (C=O) groups is 2. The molecular weight excluding hydrogens is 350 g/mol. The molecule has 0 bridgehead atoms. The summed E-state index contributed by atoms with van der Waals surface area (Å²) in [5, 5.41) is 5.46. The summed E-state index contributed by atoms with van der Waals surface area (Å²) in [7, 11) is 0. The number of nitrogens with one attached hydrogen (secondary N) is 2. The number of anilines is 2. The van der Waals surface area contributed by atoms with Gasteiger partial charge in [0.2, 0.25) is 0 Å². The van der Waals surface area contributed by atoms with E-state index >= 15 is 0 Å². The highest BCUT2D eigenvalue weighted by Gasteiger charge is 2.17. The molecule has 2 aromatic heterocycles. The van der Waals surface area contributed by atoms with E-state index in [0.29, 0.717) is 21.5 Å². The first kappa shape index (κ1) is 16.8. The van der Waals surface area contributed by atoms with Gasteiger partial charge in [0.25, 0.3) is 11.8 Å². The molecule has 0 fully saturated rings. The van der Waals surface area contributed by atoms with Crippen LogP contribution in [0.5, 0.6) is 0 Å². The quantitative estimate of drug-likeness (QED) is 0.721. The van der Waals surface area contributed by atoms with E-state index in [1.165, 1.54) is 12.3 Å². The number of rotatable bonds is 4. The second-order valence-corrected chi connectivity index (χ2v) is 6.18. The Hall–Kier alpha value is -3.00. The molecule has 0 unspecified atom stereocenters. The monoisotopic (exact) mass is 362 g/mol. The van der Waals surface area contributed by atoms with Crippen molar-refractivity contribution < 1.29 is 22.8 Å². The molecule has 3 aromatic rings. The van der Waals surface area contributed by atoms with Crippen molar-refractivity contribution in [3.8, 4) is 0 Å². The molecule has 0 aliphatic heterocycles. The minimum Gasteiger partial charge on any atom is -0.459 e. The lowest BCUT2D eigenvalue weighted by Crippen LogP contribution is -2.12. The lowest BCUT2D eigenvalue weighted by Gasteiger charge is -2.05. The molecule has 5 nitrogen and oxygen atoms in total. The predicted octanol–water partition coefficient (Wildman–Crippen LogP) is 4.43. The van der Waals surface area contributed by atoms with Crippen LogP contribution in [0.1, 0.15) is 25.8 Å². The topological polar surface area (TPSA) is 71.3 Å². The van der Waals surface area contributed by atoms with Gasteiger partial charge in [-0.1, -0.05) is 0 Å². The first-order chi connectivity index (χ1) is 11.9. The zero-order valence-electron chi connectivity index (χ0n) is 12.9. The van der Waals surface area contributed by atoms with Crippen molar-refractivity contribution in [3.05, 3.63) is 70.5 Å². The Kier molecular flexibility index (Phi) is 4.62. The van der Waals surface area contributed by atoms with Gasteiger partial charge in [-0.15, -0.1) is 11.3 Å². The van der Waals surface area contributed by atoms with Crippen molar-refractivity contribution in [3.63, 3.8) is 0 Å². The van der Waals surface area contributed by atoms with Gasteiger partial charge in [-0.25, -0.2) is 8.78 Å². The van der Waals surface area contributed by atoms with Gasteiger partial charge < -0.3 is 15.1 Å². The summed E-state index contributed by atoms with van der Waals surface area (Å²) in [5.74, 6) is -2.45. The van der Waals surface area contributed by atoms with Gasteiger partial charge in [0.15, 0.2) is 5.76 Å². The van der Waals surface area contributed by atoms with Crippen LogP contribution in [0.3, 0.4) is 0 Å². The second-order valence-electron chi connectivity index (χ2n) is 5.13. The molecule has 0 aliphatic carbocycles. The van der Waals surface area contributed by atoms with Crippen LogP contribution in [-0.2, 0) is 0 Å². The van der Waals surface area contributed by atoms with Gasteiger partial charge in [0.1, 0.15) is 11.6 Å². The summed E-state index contributed by atoms with van der Waals surface area (Å²) in [6, 6.07) is 7.61.